The molecule has 1 amide bonds. The van der Waals surface area contributed by atoms with Gasteiger partial charge in [-0.2, -0.15) is 4.99 Å². The summed E-state index contributed by atoms with van der Waals surface area (Å²) in [5.41, 5.74) is 1.28. The number of benzene rings is 2. The van der Waals surface area contributed by atoms with Gasteiger partial charge in [-0.15, -0.1) is 11.3 Å². The number of sulfone groups is 1. The first kappa shape index (κ1) is 20.4. The summed E-state index contributed by atoms with van der Waals surface area (Å²) in [5, 5.41) is 0.232. The van der Waals surface area contributed by atoms with Gasteiger partial charge in [0.15, 0.2) is 19.6 Å². The molecule has 0 N–H and O–H groups in total. The van der Waals surface area contributed by atoms with Gasteiger partial charge in [0.25, 0.3) is 0 Å². The fourth-order valence-electron chi connectivity index (χ4n) is 2.81. The van der Waals surface area contributed by atoms with Crippen LogP contribution in [0.5, 0.6) is 0 Å². The largest absolute Gasteiger partial charge is 0.468 e. The van der Waals surface area contributed by atoms with Crippen molar-refractivity contribution in [3.05, 3.63) is 52.3 Å². The van der Waals surface area contributed by atoms with Crippen LogP contribution in [0.4, 0.5) is 0 Å². The van der Waals surface area contributed by atoms with Crippen LogP contribution >= 0.6 is 22.7 Å². The molecule has 0 fully saturated rings. The lowest BCUT2D eigenvalue weighted by Crippen LogP contribution is -2.22. The zero-order valence-electron chi connectivity index (χ0n) is 15.9. The number of carbonyl (C=O) groups is 2. The molecule has 0 radical (unpaired) electrons. The van der Waals surface area contributed by atoms with Crippen LogP contribution in [-0.4, -0.2) is 43.2 Å². The molecule has 154 valence electrons. The molecule has 0 unspecified atom stereocenters. The highest BCUT2D eigenvalue weighted by Crippen LogP contribution is 2.24. The normalized spacial score (nSPS) is 12.5. The number of methoxy groups -OCH3 is 1. The Morgan fingerprint density at radius 2 is 1.90 bits per heavy atom. The minimum atomic E-state index is -3.41. The van der Waals surface area contributed by atoms with Gasteiger partial charge in [0.1, 0.15) is 6.54 Å². The van der Waals surface area contributed by atoms with Gasteiger partial charge in [0.2, 0.25) is 0 Å². The maximum Gasteiger partial charge on any atom is 0.325 e. The van der Waals surface area contributed by atoms with Crippen LogP contribution in [-0.2, 0) is 25.9 Å². The molecule has 2 heterocycles. The van der Waals surface area contributed by atoms with Gasteiger partial charge in [0.05, 0.1) is 32.4 Å². The number of thiazole rings is 2. The summed E-state index contributed by atoms with van der Waals surface area (Å²) in [5.74, 6) is -1.06. The molecular weight excluding hydrogens is 446 g/mol. The third kappa shape index (κ3) is 3.91. The maximum atomic E-state index is 12.8. The van der Waals surface area contributed by atoms with E-state index in [-0.39, 0.29) is 21.2 Å². The number of fused-ring (bicyclic) bond motifs is 2. The summed E-state index contributed by atoms with van der Waals surface area (Å²) in [4.78, 5) is 33.5. The number of rotatable bonds is 4. The smallest absolute Gasteiger partial charge is 0.325 e. The molecule has 11 heteroatoms. The first-order valence-electron chi connectivity index (χ1n) is 8.61. The molecular formula is C19H15N3O5S3. The highest BCUT2D eigenvalue weighted by molar-refractivity contribution is 7.90. The molecule has 8 nitrogen and oxygen atoms in total. The first-order valence-corrected chi connectivity index (χ1v) is 12.1. The average Bonchev–Trinajstić information content (AvgIpc) is 3.28. The molecule has 0 saturated heterocycles. The Morgan fingerprint density at radius 3 is 2.60 bits per heavy atom. The Morgan fingerprint density at radius 1 is 1.13 bits per heavy atom. The van der Waals surface area contributed by atoms with Crippen molar-refractivity contribution in [2.75, 3.05) is 13.4 Å². The second kappa shape index (κ2) is 7.74. The van der Waals surface area contributed by atoms with Gasteiger partial charge in [-0.05, 0) is 30.3 Å². The molecule has 2 aromatic carbocycles. The van der Waals surface area contributed by atoms with E-state index in [0.717, 1.165) is 22.3 Å². The van der Waals surface area contributed by atoms with E-state index in [2.05, 4.69) is 9.98 Å². The number of aromatic nitrogens is 2. The van der Waals surface area contributed by atoms with Crippen molar-refractivity contribution >= 4 is 64.8 Å². The topological polar surface area (TPSA) is 108 Å². The molecule has 0 spiro atoms. The van der Waals surface area contributed by atoms with Crippen LogP contribution in [0.3, 0.4) is 0 Å². The molecule has 0 saturated carbocycles. The Hall–Kier alpha value is -2.89. The molecule has 0 bridgehead atoms. The Balaban J connectivity index is 1.87. The summed E-state index contributed by atoms with van der Waals surface area (Å²) in [7, 11) is -2.14. The van der Waals surface area contributed by atoms with Crippen LogP contribution in [0.25, 0.3) is 20.4 Å². The molecule has 30 heavy (non-hydrogen) atoms. The van der Waals surface area contributed by atoms with E-state index in [1.54, 1.807) is 6.07 Å². The fraction of sp³-hybridized carbons (Fsp3) is 0.158. The van der Waals surface area contributed by atoms with Crippen molar-refractivity contribution < 1.29 is 22.7 Å². The standard InChI is InChI=1S/C19H15N3O5S3/c1-27-16(23)10-22-13-8-7-11(30(2,25)26)9-15(13)29-19(22)21-17(24)18-20-12-5-3-4-6-14(12)28-18/h3-9H,10H2,1-2H3. The van der Waals surface area contributed by atoms with Crippen molar-refractivity contribution in [2.24, 2.45) is 4.99 Å². The minimum absolute atomic E-state index is 0.144. The molecule has 0 aliphatic rings. The molecule has 4 rings (SSSR count). The van der Waals surface area contributed by atoms with Gasteiger partial charge in [-0.1, -0.05) is 23.5 Å². The second-order valence-corrected chi connectivity index (χ2v) is 10.4. The molecule has 0 aliphatic carbocycles. The molecule has 2 aromatic heterocycles. The SMILES string of the molecule is COC(=O)Cn1c(=NC(=O)c2nc3ccccc3s2)sc2cc(S(C)(=O)=O)ccc21. The van der Waals surface area contributed by atoms with E-state index in [4.69, 9.17) is 4.74 Å². The van der Waals surface area contributed by atoms with E-state index in [0.29, 0.717) is 15.7 Å². The summed E-state index contributed by atoms with van der Waals surface area (Å²) in [6.07, 6.45) is 1.12. The van der Waals surface area contributed by atoms with E-state index >= 15 is 0 Å². The quantitative estimate of drug-likeness (QED) is 0.433. The number of hydrogen-bond acceptors (Lipinski definition) is 8. The number of ether oxygens (including phenoxy) is 1. The highest BCUT2D eigenvalue weighted by atomic mass is 32.2. The van der Waals surface area contributed by atoms with Crippen molar-refractivity contribution in [3.8, 4) is 0 Å². The fourth-order valence-corrected chi connectivity index (χ4v) is 5.45. The van der Waals surface area contributed by atoms with Crippen LogP contribution in [0.2, 0.25) is 0 Å². The number of amides is 1. The summed E-state index contributed by atoms with van der Waals surface area (Å²) in [6.45, 7) is -0.166. The van der Waals surface area contributed by atoms with Gasteiger partial charge >= 0.3 is 11.9 Å². The predicted octanol–water partition coefficient (Wildman–Crippen LogP) is 2.63. The second-order valence-electron chi connectivity index (χ2n) is 6.35. The number of nitrogens with zero attached hydrogens (tertiary/aromatic N) is 3. The zero-order chi connectivity index (χ0) is 21.5. The Kier molecular flexibility index (Phi) is 5.26. The number of hydrogen-bond donors (Lipinski definition) is 0. The molecule has 0 atom stereocenters. The van der Waals surface area contributed by atoms with E-state index in [9.17, 15) is 18.0 Å². The van der Waals surface area contributed by atoms with Gasteiger partial charge in [0, 0.05) is 6.26 Å². The van der Waals surface area contributed by atoms with E-state index in [1.165, 1.54) is 35.1 Å². The summed E-state index contributed by atoms with van der Waals surface area (Å²) < 4.78 is 31.5. The monoisotopic (exact) mass is 461 g/mol. The van der Waals surface area contributed by atoms with Crippen LogP contribution in [0.1, 0.15) is 9.80 Å². The van der Waals surface area contributed by atoms with Crippen LogP contribution in [0, 0.1) is 0 Å². The molecule has 4 aromatic rings. The lowest BCUT2D eigenvalue weighted by molar-refractivity contribution is -0.141. The summed E-state index contributed by atoms with van der Waals surface area (Å²) in [6, 6.07) is 11.9. The van der Waals surface area contributed by atoms with Gasteiger partial charge in [-0.25, -0.2) is 13.4 Å². The van der Waals surface area contributed by atoms with E-state index < -0.39 is 21.7 Å². The summed E-state index contributed by atoms with van der Waals surface area (Å²) >= 11 is 2.35. The Bertz CT molecular complexity index is 1450. The van der Waals surface area contributed by atoms with Crippen molar-refractivity contribution in [1.82, 2.24) is 9.55 Å². The maximum absolute atomic E-state index is 12.8. The van der Waals surface area contributed by atoms with Crippen molar-refractivity contribution in [3.63, 3.8) is 0 Å². The molecule has 0 aliphatic heterocycles. The number of carbonyl (C=O) groups excluding carboxylic acids is 2. The van der Waals surface area contributed by atoms with Crippen LogP contribution in [0.15, 0.2) is 52.4 Å². The van der Waals surface area contributed by atoms with Crippen molar-refractivity contribution in [1.29, 1.82) is 0 Å². The lowest BCUT2D eigenvalue weighted by Gasteiger charge is -2.04. The third-order valence-electron chi connectivity index (χ3n) is 4.27. The van der Waals surface area contributed by atoms with Gasteiger partial charge in [-0.3, -0.25) is 9.59 Å². The van der Waals surface area contributed by atoms with E-state index in [1.807, 2.05) is 24.3 Å². The Labute approximate surface area is 179 Å². The minimum Gasteiger partial charge on any atom is -0.468 e. The van der Waals surface area contributed by atoms with Crippen LogP contribution < -0.4 is 4.80 Å². The third-order valence-corrected chi connectivity index (χ3v) is 7.45. The first-order chi connectivity index (χ1) is 14.3. The lowest BCUT2D eigenvalue weighted by atomic mass is 10.3. The average molecular weight is 462 g/mol. The predicted molar refractivity (Wildman–Crippen MR) is 114 cm³/mol. The van der Waals surface area contributed by atoms with Gasteiger partial charge < -0.3 is 9.30 Å². The van der Waals surface area contributed by atoms with Crippen molar-refractivity contribution in [2.45, 2.75) is 11.4 Å². The number of para-hydroxylation sites is 1. The highest BCUT2D eigenvalue weighted by Gasteiger charge is 2.17. The number of esters is 1. The zero-order valence-corrected chi connectivity index (χ0v) is 18.3.